The smallest absolute Gasteiger partial charge is 0.342 e. The van der Waals surface area contributed by atoms with Gasteiger partial charge in [-0.25, -0.2) is 4.79 Å². The van der Waals surface area contributed by atoms with Crippen molar-refractivity contribution in [2.75, 3.05) is 26.1 Å². The minimum atomic E-state index is -1.18. The molecule has 262 valence electrons. The molecule has 10 heteroatoms. The molecule has 0 aliphatic carbocycles. The average molecular weight is 689 g/mol. The van der Waals surface area contributed by atoms with Gasteiger partial charge in [-0.15, -0.1) is 0 Å². The number of carboxylic acids is 1. The maximum Gasteiger partial charge on any atom is 0.342 e. The number of carbonyl (C=O) groups excluding carboxylic acids is 3. The number of anilines is 1. The zero-order chi connectivity index (χ0) is 36.9. The van der Waals surface area contributed by atoms with Crippen LogP contribution in [0.2, 0.25) is 0 Å². The van der Waals surface area contributed by atoms with Gasteiger partial charge in [0.1, 0.15) is 12.3 Å². The van der Waals surface area contributed by atoms with E-state index in [9.17, 15) is 24.3 Å². The molecule has 2 N–H and O–H groups in total. The molecule has 10 nitrogen and oxygen atoms in total. The Morgan fingerprint density at radius 1 is 0.843 bits per heavy atom. The van der Waals surface area contributed by atoms with E-state index in [1.54, 1.807) is 66.7 Å². The number of nitrogens with one attached hydrogen (secondary N) is 1. The molecule has 4 rings (SSSR count). The van der Waals surface area contributed by atoms with E-state index in [0.29, 0.717) is 28.3 Å². The van der Waals surface area contributed by atoms with Crippen LogP contribution < -0.4 is 19.5 Å². The third-order valence-corrected chi connectivity index (χ3v) is 7.79. The summed E-state index contributed by atoms with van der Waals surface area (Å²) in [5.41, 5.74) is 5.21. The quantitative estimate of drug-likeness (QED) is 0.0589. The minimum Gasteiger partial charge on any atom is -0.493 e. The molecule has 51 heavy (non-hydrogen) atoms. The maximum absolute atomic E-state index is 13.4. The Balaban J connectivity index is 1.35. The Morgan fingerprint density at radius 2 is 1.51 bits per heavy atom. The summed E-state index contributed by atoms with van der Waals surface area (Å²) in [5, 5.41) is 12.3. The third-order valence-electron chi connectivity index (χ3n) is 7.79. The van der Waals surface area contributed by atoms with Gasteiger partial charge in [-0.2, -0.15) is 0 Å². The molecule has 0 bridgehead atoms. The van der Waals surface area contributed by atoms with Gasteiger partial charge in [-0.1, -0.05) is 72.8 Å². The number of carbonyl (C=O) groups is 4. The molecule has 0 aromatic heterocycles. The average Bonchev–Trinajstić information content (AvgIpc) is 3.12. The van der Waals surface area contributed by atoms with Gasteiger partial charge < -0.3 is 29.5 Å². The van der Waals surface area contributed by atoms with Crippen molar-refractivity contribution in [3.8, 4) is 17.2 Å². The summed E-state index contributed by atoms with van der Waals surface area (Å²) in [5.74, 6) is -1.37. The second-order valence-electron chi connectivity index (χ2n) is 11.5. The van der Waals surface area contributed by atoms with Gasteiger partial charge in [0.05, 0.1) is 26.2 Å². The van der Waals surface area contributed by atoms with Crippen molar-refractivity contribution < 1.29 is 38.5 Å². The molecule has 0 fully saturated rings. The monoisotopic (exact) mass is 688 g/mol. The van der Waals surface area contributed by atoms with Crippen LogP contribution in [0.5, 0.6) is 17.2 Å². The zero-order valence-corrected chi connectivity index (χ0v) is 29.0. The first-order valence-corrected chi connectivity index (χ1v) is 16.0. The van der Waals surface area contributed by atoms with E-state index in [2.05, 4.69) is 11.9 Å². The van der Waals surface area contributed by atoms with Crippen LogP contribution in [0.4, 0.5) is 5.69 Å². The fraction of sp³-hybridized carbons (Fsp3) is 0.171. The normalized spacial score (nSPS) is 11.1. The van der Waals surface area contributed by atoms with Crippen molar-refractivity contribution in [3.05, 3.63) is 149 Å². The topological polar surface area (TPSA) is 131 Å². The van der Waals surface area contributed by atoms with Crippen molar-refractivity contribution in [1.82, 2.24) is 4.90 Å². The van der Waals surface area contributed by atoms with Crippen molar-refractivity contribution >= 4 is 35.0 Å². The fourth-order valence-corrected chi connectivity index (χ4v) is 5.13. The lowest BCUT2D eigenvalue weighted by Crippen LogP contribution is -2.35. The summed E-state index contributed by atoms with van der Waals surface area (Å²) in [6.07, 6.45) is 5.37. The van der Waals surface area contributed by atoms with Crippen LogP contribution >= 0.6 is 0 Å². The lowest BCUT2D eigenvalue weighted by atomic mass is 10.0. The Hall–Kier alpha value is -6.42. The Labute approximate surface area is 297 Å². The molecular weight excluding hydrogens is 648 g/mol. The maximum atomic E-state index is 13.4. The van der Waals surface area contributed by atoms with E-state index in [4.69, 9.17) is 14.2 Å². The number of hydrogen-bond donors (Lipinski definition) is 2. The lowest BCUT2D eigenvalue weighted by molar-refractivity contribution is -0.138. The SMILES string of the molecule is C=C(/C=C\C(=C/C)c1ccc(C)cc1)C(=O)Oc1ccc(CN(CC(=O)O)C(=O)c2ccc(NC(=O)Cc3cccc(OC)c3OC)cc2)cc1. The van der Waals surface area contributed by atoms with Crippen LogP contribution in [0, 0.1) is 6.92 Å². The van der Waals surface area contributed by atoms with E-state index in [0.717, 1.165) is 16.7 Å². The molecule has 4 aromatic carbocycles. The highest BCUT2D eigenvalue weighted by Crippen LogP contribution is 2.31. The van der Waals surface area contributed by atoms with Gasteiger partial charge in [-0.05, 0) is 79.1 Å². The number of esters is 1. The molecule has 2 amide bonds. The van der Waals surface area contributed by atoms with E-state index in [1.165, 1.54) is 31.3 Å². The Kier molecular flexibility index (Phi) is 13.1. The standard InChI is InChI=1S/C41H40N2O8/c1-6-30(31-15-10-27(2)11-16-31)17-12-28(3)41(48)51-35-22-13-29(14-23-35)25-43(26-38(45)46)40(47)32-18-20-34(21-19-32)42-37(44)24-33-8-7-9-36(49-4)39(33)50-5/h6-23H,3,24-26H2,1-2,4-5H3,(H,42,44)(H,45,46)/b17-12-,30-6+. The number of ether oxygens (including phenoxy) is 3. The molecule has 4 aromatic rings. The van der Waals surface area contributed by atoms with Gasteiger partial charge >= 0.3 is 11.9 Å². The summed E-state index contributed by atoms with van der Waals surface area (Å²) in [7, 11) is 3.02. The van der Waals surface area contributed by atoms with Gasteiger partial charge in [0, 0.05) is 23.4 Å². The number of rotatable bonds is 15. The van der Waals surface area contributed by atoms with Gasteiger partial charge in [0.25, 0.3) is 5.91 Å². The number of amides is 2. The second-order valence-corrected chi connectivity index (χ2v) is 11.5. The van der Waals surface area contributed by atoms with Crippen LogP contribution in [-0.2, 0) is 27.3 Å². The number of aliphatic carboxylic acids is 1. The lowest BCUT2D eigenvalue weighted by Gasteiger charge is -2.21. The number of aryl methyl sites for hydroxylation is 1. The van der Waals surface area contributed by atoms with Gasteiger partial charge in [0.2, 0.25) is 5.91 Å². The Bertz CT molecular complexity index is 1940. The van der Waals surface area contributed by atoms with Crippen LogP contribution in [0.15, 0.2) is 121 Å². The van der Waals surface area contributed by atoms with E-state index < -0.39 is 24.4 Å². The van der Waals surface area contributed by atoms with Crippen LogP contribution in [0.25, 0.3) is 5.57 Å². The predicted octanol–water partition coefficient (Wildman–Crippen LogP) is 7.04. The molecule has 0 radical (unpaired) electrons. The molecule has 0 saturated heterocycles. The first kappa shape index (κ1) is 37.4. The summed E-state index contributed by atoms with van der Waals surface area (Å²) < 4.78 is 16.2. The molecule has 0 atom stereocenters. The molecule has 0 spiro atoms. The number of hydrogen-bond acceptors (Lipinski definition) is 7. The summed E-state index contributed by atoms with van der Waals surface area (Å²) in [6.45, 7) is 7.20. The van der Waals surface area contributed by atoms with E-state index in [1.807, 2.05) is 44.2 Å². The molecule has 0 saturated carbocycles. The second kappa shape index (κ2) is 17.8. The van der Waals surface area contributed by atoms with Crippen molar-refractivity contribution in [1.29, 1.82) is 0 Å². The highest BCUT2D eigenvalue weighted by atomic mass is 16.5. The number of allylic oxidation sites excluding steroid dienone is 3. The Morgan fingerprint density at radius 3 is 2.12 bits per heavy atom. The van der Waals surface area contributed by atoms with Gasteiger partial charge in [0.15, 0.2) is 11.5 Å². The zero-order valence-electron chi connectivity index (χ0n) is 29.0. The van der Waals surface area contributed by atoms with Crippen LogP contribution in [0.1, 0.15) is 39.5 Å². The predicted molar refractivity (Wildman–Crippen MR) is 196 cm³/mol. The fourth-order valence-electron chi connectivity index (χ4n) is 5.13. The molecular formula is C41H40N2O8. The number of benzene rings is 4. The molecule has 0 aliphatic rings. The number of nitrogens with zero attached hydrogens (tertiary/aromatic N) is 1. The van der Waals surface area contributed by atoms with Crippen molar-refractivity contribution in [2.24, 2.45) is 0 Å². The molecule has 0 heterocycles. The van der Waals surface area contributed by atoms with Crippen molar-refractivity contribution in [2.45, 2.75) is 26.8 Å². The van der Waals surface area contributed by atoms with E-state index in [-0.39, 0.29) is 35.8 Å². The first-order valence-electron chi connectivity index (χ1n) is 16.0. The number of carboxylic acid groups (broad SMARTS) is 1. The first-order chi connectivity index (χ1) is 24.5. The third kappa shape index (κ3) is 10.5. The summed E-state index contributed by atoms with van der Waals surface area (Å²) in [4.78, 5) is 51.7. The number of methoxy groups -OCH3 is 2. The highest BCUT2D eigenvalue weighted by molar-refractivity contribution is 5.97. The van der Waals surface area contributed by atoms with E-state index >= 15 is 0 Å². The largest absolute Gasteiger partial charge is 0.493 e. The van der Waals surface area contributed by atoms with Crippen molar-refractivity contribution in [3.63, 3.8) is 0 Å². The molecule has 0 unspecified atom stereocenters. The minimum absolute atomic E-state index is 0.0131. The van der Waals surface area contributed by atoms with Gasteiger partial charge in [-0.3, -0.25) is 14.4 Å². The van der Waals surface area contributed by atoms with Crippen LogP contribution in [0.3, 0.4) is 0 Å². The van der Waals surface area contributed by atoms with Crippen LogP contribution in [-0.4, -0.2) is 54.5 Å². The number of para-hydroxylation sites is 1. The summed E-state index contributed by atoms with van der Waals surface area (Å²) in [6, 6.07) is 25.9. The molecule has 0 aliphatic heterocycles. The highest BCUT2D eigenvalue weighted by Gasteiger charge is 2.20. The summed E-state index contributed by atoms with van der Waals surface area (Å²) >= 11 is 0.